The van der Waals surface area contributed by atoms with Crippen molar-refractivity contribution in [2.24, 2.45) is 0 Å². The summed E-state index contributed by atoms with van der Waals surface area (Å²) < 4.78 is 5.23. The second kappa shape index (κ2) is 7.96. The van der Waals surface area contributed by atoms with Crippen LogP contribution >= 0.6 is 0 Å². The number of para-hydroxylation sites is 1. The average molecular weight is 374 g/mol. The molecule has 2 aromatic heterocycles. The Balaban J connectivity index is 1.62. The van der Waals surface area contributed by atoms with Crippen molar-refractivity contribution in [3.8, 4) is 5.75 Å². The molecule has 7 heteroatoms. The van der Waals surface area contributed by atoms with E-state index in [2.05, 4.69) is 15.3 Å². The third kappa shape index (κ3) is 3.88. The number of nitrogens with zero attached hydrogens (tertiary/aromatic N) is 4. The number of aromatic amines is 1. The quantitative estimate of drug-likeness (QED) is 0.512. The highest BCUT2D eigenvalue weighted by Gasteiger charge is 2.12. The van der Waals surface area contributed by atoms with Crippen LogP contribution in [0.4, 0.5) is 17.5 Å². The van der Waals surface area contributed by atoms with Gasteiger partial charge in [0.1, 0.15) is 11.6 Å². The number of benzene rings is 2. The second-order valence-electron chi connectivity index (χ2n) is 6.49. The summed E-state index contributed by atoms with van der Waals surface area (Å²) in [6, 6.07) is 15.8. The van der Waals surface area contributed by atoms with Crippen LogP contribution in [-0.4, -0.2) is 40.6 Å². The van der Waals surface area contributed by atoms with Gasteiger partial charge in [-0.15, -0.1) is 0 Å². The van der Waals surface area contributed by atoms with Gasteiger partial charge in [0.25, 0.3) is 0 Å². The Kier molecular flexibility index (Phi) is 5.05. The van der Waals surface area contributed by atoms with E-state index < -0.39 is 0 Å². The summed E-state index contributed by atoms with van der Waals surface area (Å²) in [5.74, 6) is 2.27. The smallest absolute Gasteiger partial charge is 0.227 e. The lowest BCUT2D eigenvalue weighted by Crippen LogP contribution is -2.23. The minimum absolute atomic E-state index is 0.675. The number of hydrogen-bond donors (Lipinski definition) is 2. The predicted molar refractivity (Wildman–Crippen MR) is 111 cm³/mol. The fourth-order valence-corrected chi connectivity index (χ4v) is 2.95. The summed E-state index contributed by atoms with van der Waals surface area (Å²) in [5.41, 5.74) is 2.93. The number of methoxy groups -OCH3 is 1. The van der Waals surface area contributed by atoms with Gasteiger partial charge in [-0.2, -0.15) is 4.98 Å². The number of hydrogen-bond acceptors (Lipinski definition) is 6. The second-order valence-corrected chi connectivity index (χ2v) is 6.49. The first kappa shape index (κ1) is 17.8. The highest BCUT2D eigenvalue weighted by molar-refractivity contribution is 5.91. The molecule has 0 aliphatic heterocycles. The number of rotatable bonds is 7. The zero-order valence-electron chi connectivity index (χ0n) is 15.9. The summed E-state index contributed by atoms with van der Waals surface area (Å²) in [6.45, 7) is 0.780. The lowest BCUT2D eigenvalue weighted by Gasteiger charge is -2.19. The Morgan fingerprint density at radius 3 is 2.64 bits per heavy atom. The molecular weight excluding hydrogens is 352 g/mol. The summed E-state index contributed by atoms with van der Waals surface area (Å²) >= 11 is 0. The minimum atomic E-state index is 0.675. The fourth-order valence-electron chi connectivity index (χ4n) is 2.95. The van der Waals surface area contributed by atoms with Gasteiger partial charge in [-0.3, -0.25) is 0 Å². The number of fused-ring (bicyclic) bond motifs is 1. The lowest BCUT2D eigenvalue weighted by atomic mass is 10.2. The Labute approximate surface area is 163 Å². The predicted octanol–water partition coefficient (Wildman–Crippen LogP) is 3.78. The number of H-pyrrole nitrogens is 1. The Morgan fingerprint density at radius 2 is 1.89 bits per heavy atom. The van der Waals surface area contributed by atoms with Gasteiger partial charge in [0.15, 0.2) is 0 Å². The van der Waals surface area contributed by atoms with Gasteiger partial charge < -0.3 is 19.9 Å². The molecule has 2 heterocycles. The summed E-state index contributed by atoms with van der Waals surface area (Å²) in [5, 5.41) is 4.39. The molecule has 2 aromatic carbocycles. The van der Waals surface area contributed by atoms with Crippen molar-refractivity contribution in [1.82, 2.24) is 19.9 Å². The maximum absolute atomic E-state index is 5.23. The SMILES string of the molecule is COc1ccc(Nc2nc(N(C)CCc3cnc[nH]3)nc3ccccc23)cc1. The van der Waals surface area contributed by atoms with E-state index in [1.165, 1.54) is 0 Å². The van der Waals surface area contributed by atoms with Gasteiger partial charge in [-0.1, -0.05) is 12.1 Å². The molecule has 0 aliphatic carbocycles. The number of likely N-dealkylation sites (N-methyl/N-ethyl adjacent to an activating group) is 1. The lowest BCUT2D eigenvalue weighted by molar-refractivity contribution is 0.415. The van der Waals surface area contributed by atoms with Gasteiger partial charge in [0.2, 0.25) is 5.95 Å². The molecule has 0 unspecified atom stereocenters. The van der Waals surface area contributed by atoms with E-state index in [0.717, 1.165) is 46.8 Å². The number of aromatic nitrogens is 4. The maximum Gasteiger partial charge on any atom is 0.227 e. The van der Waals surface area contributed by atoms with Gasteiger partial charge in [0.05, 0.1) is 19.0 Å². The normalized spacial score (nSPS) is 10.8. The van der Waals surface area contributed by atoms with Crippen LogP contribution in [0.3, 0.4) is 0 Å². The van der Waals surface area contributed by atoms with Gasteiger partial charge in [-0.05, 0) is 36.4 Å². The molecule has 0 amide bonds. The van der Waals surface area contributed by atoms with Crippen LogP contribution in [0.2, 0.25) is 0 Å². The number of anilines is 3. The van der Waals surface area contributed by atoms with Crippen molar-refractivity contribution >= 4 is 28.4 Å². The zero-order valence-corrected chi connectivity index (χ0v) is 15.9. The summed E-state index contributed by atoms with van der Waals surface area (Å²) in [7, 11) is 3.66. The van der Waals surface area contributed by atoms with Crippen LogP contribution in [0, 0.1) is 0 Å². The molecule has 4 aromatic rings. The fraction of sp³-hybridized carbons (Fsp3) is 0.190. The molecule has 2 N–H and O–H groups in total. The largest absolute Gasteiger partial charge is 0.497 e. The zero-order chi connectivity index (χ0) is 19.3. The van der Waals surface area contributed by atoms with Crippen LogP contribution in [0.5, 0.6) is 5.75 Å². The van der Waals surface area contributed by atoms with Crippen molar-refractivity contribution in [2.75, 3.05) is 30.9 Å². The number of nitrogens with one attached hydrogen (secondary N) is 2. The molecule has 0 atom stereocenters. The van der Waals surface area contributed by atoms with Crippen molar-refractivity contribution < 1.29 is 4.74 Å². The minimum Gasteiger partial charge on any atom is -0.497 e. The van der Waals surface area contributed by atoms with Crippen LogP contribution in [0.25, 0.3) is 10.9 Å². The van der Waals surface area contributed by atoms with Crippen molar-refractivity contribution in [3.05, 3.63) is 66.7 Å². The van der Waals surface area contributed by atoms with E-state index in [9.17, 15) is 0 Å². The molecular formula is C21H22N6O. The molecule has 142 valence electrons. The highest BCUT2D eigenvalue weighted by atomic mass is 16.5. The van der Waals surface area contributed by atoms with E-state index in [1.807, 2.05) is 66.7 Å². The van der Waals surface area contributed by atoms with Crippen LogP contribution in [-0.2, 0) is 6.42 Å². The molecule has 28 heavy (non-hydrogen) atoms. The summed E-state index contributed by atoms with van der Waals surface area (Å²) in [6.07, 6.45) is 4.37. The Bertz CT molecular complexity index is 1050. The number of imidazole rings is 1. The van der Waals surface area contributed by atoms with Gasteiger partial charge in [0, 0.05) is 43.0 Å². The molecule has 0 saturated carbocycles. The molecule has 0 aliphatic rings. The number of ether oxygens (including phenoxy) is 1. The van der Waals surface area contributed by atoms with E-state index in [4.69, 9.17) is 14.7 Å². The third-order valence-electron chi connectivity index (χ3n) is 4.56. The van der Waals surface area contributed by atoms with Gasteiger partial charge >= 0.3 is 0 Å². The average Bonchev–Trinajstić information content (AvgIpc) is 3.26. The van der Waals surface area contributed by atoms with E-state index in [0.29, 0.717) is 5.95 Å². The standard InChI is InChI=1S/C21H22N6O/c1-27(12-11-16-13-22-14-23-16)21-25-19-6-4-3-5-18(19)20(26-21)24-15-7-9-17(28-2)10-8-15/h3-10,13-14H,11-12H2,1-2H3,(H,22,23)(H,24,25,26). The van der Waals surface area contributed by atoms with Crippen molar-refractivity contribution in [1.29, 1.82) is 0 Å². The molecule has 0 fully saturated rings. The third-order valence-corrected chi connectivity index (χ3v) is 4.56. The molecule has 4 rings (SSSR count). The van der Waals surface area contributed by atoms with E-state index >= 15 is 0 Å². The van der Waals surface area contributed by atoms with Crippen LogP contribution in [0.15, 0.2) is 61.1 Å². The van der Waals surface area contributed by atoms with Crippen LogP contribution < -0.4 is 15.0 Å². The van der Waals surface area contributed by atoms with Crippen molar-refractivity contribution in [2.45, 2.75) is 6.42 Å². The first-order chi connectivity index (χ1) is 13.7. The topological polar surface area (TPSA) is 79.0 Å². The monoisotopic (exact) mass is 374 g/mol. The molecule has 0 radical (unpaired) electrons. The Morgan fingerprint density at radius 1 is 1.07 bits per heavy atom. The Hall–Kier alpha value is -3.61. The first-order valence-corrected chi connectivity index (χ1v) is 9.09. The van der Waals surface area contributed by atoms with Crippen molar-refractivity contribution in [3.63, 3.8) is 0 Å². The van der Waals surface area contributed by atoms with Gasteiger partial charge in [-0.25, -0.2) is 9.97 Å². The molecule has 0 spiro atoms. The molecule has 0 saturated heterocycles. The van der Waals surface area contributed by atoms with E-state index in [1.54, 1.807) is 13.4 Å². The summed E-state index contributed by atoms with van der Waals surface area (Å²) in [4.78, 5) is 18.8. The molecule has 7 nitrogen and oxygen atoms in total. The molecule has 0 bridgehead atoms. The maximum atomic E-state index is 5.23. The van der Waals surface area contributed by atoms with Crippen LogP contribution in [0.1, 0.15) is 5.69 Å². The highest BCUT2D eigenvalue weighted by Crippen LogP contribution is 2.27. The first-order valence-electron chi connectivity index (χ1n) is 9.09. The van der Waals surface area contributed by atoms with E-state index in [-0.39, 0.29) is 0 Å².